The highest BCUT2D eigenvalue weighted by molar-refractivity contribution is 5.92. The number of hydrogen-bond donors (Lipinski definition) is 1. The Morgan fingerprint density at radius 2 is 1.71 bits per heavy atom. The molecule has 1 N–H and O–H groups in total. The molecule has 1 amide bonds. The van der Waals surface area contributed by atoms with Gasteiger partial charge in [0.15, 0.2) is 0 Å². The number of carbonyl (C=O) groups excluding carboxylic acids is 1. The average molecular weight is 421 g/mol. The molecule has 3 aromatic rings. The largest absolute Gasteiger partial charge is 0.497 e. The zero-order valence-corrected chi connectivity index (χ0v) is 18.2. The average Bonchev–Trinajstić information content (AvgIpc) is 3.25. The second-order valence-electron chi connectivity index (χ2n) is 7.70. The fraction of sp³-hybridized carbons (Fsp3) is 0.320. The molecule has 0 atom stereocenters. The molecular formula is C25H28N2O4. The van der Waals surface area contributed by atoms with Crippen molar-refractivity contribution < 1.29 is 19.0 Å². The first kappa shape index (κ1) is 20.8. The number of H-pyrrole nitrogens is 1. The Hall–Kier alpha value is -3.41. The lowest BCUT2D eigenvalue weighted by molar-refractivity contribution is -0.126. The van der Waals surface area contributed by atoms with Crippen LogP contribution in [0.5, 0.6) is 17.2 Å². The molecule has 0 saturated carbocycles. The van der Waals surface area contributed by atoms with Gasteiger partial charge in [0.2, 0.25) is 5.91 Å². The van der Waals surface area contributed by atoms with Crippen molar-refractivity contribution >= 4 is 22.9 Å². The SMILES string of the molecule is COc1ccc(/C=C/C(=O)N2CCC(c3c[nH]c4ccc(OC)cc34)CC2)c(OC)c1. The van der Waals surface area contributed by atoms with Crippen LogP contribution in [0.1, 0.15) is 29.9 Å². The number of benzene rings is 2. The molecule has 2 aromatic carbocycles. The van der Waals surface area contributed by atoms with Crippen LogP contribution in [0.2, 0.25) is 0 Å². The lowest BCUT2D eigenvalue weighted by atomic mass is 9.89. The summed E-state index contributed by atoms with van der Waals surface area (Å²) in [4.78, 5) is 18.0. The molecule has 1 aliphatic heterocycles. The minimum Gasteiger partial charge on any atom is -0.497 e. The van der Waals surface area contributed by atoms with E-state index < -0.39 is 0 Å². The number of nitrogens with zero attached hydrogens (tertiary/aromatic N) is 1. The fourth-order valence-corrected chi connectivity index (χ4v) is 4.22. The van der Waals surface area contributed by atoms with E-state index in [1.54, 1.807) is 33.5 Å². The molecule has 2 heterocycles. The maximum Gasteiger partial charge on any atom is 0.246 e. The van der Waals surface area contributed by atoms with Gasteiger partial charge >= 0.3 is 0 Å². The van der Waals surface area contributed by atoms with Crippen LogP contribution >= 0.6 is 0 Å². The first-order chi connectivity index (χ1) is 15.1. The van der Waals surface area contributed by atoms with E-state index in [1.165, 1.54) is 10.9 Å². The molecule has 31 heavy (non-hydrogen) atoms. The molecule has 0 bridgehead atoms. The Kier molecular flexibility index (Phi) is 6.16. The van der Waals surface area contributed by atoms with Gasteiger partial charge in [0, 0.05) is 47.9 Å². The highest BCUT2D eigenvalue weighted by atomic mass is 16.5. The van der Waals surface area contributed by atoms with Crippen LogP contribution in [0.4, 0.5) is 0 Å². The predicted molar refractivity (Wildman–Crippen MR) is 122 cm³/mol. The predicted octanol–water partition coefficient (Wildman–Crippen LogP) is 4.61. The summed E-state index contributed by atoms with van der Waals surface area (Å²) in [5.74, 6) is 2.71. The van der Waals surface area contributed by atoms with Crippen molar-refractivity contribution in [2.24, 2.45) is 0 Å². The summed E-state index contributed by atoms with van der Waals surface area (Å²) < 4.78 is 16.0. The summed E-state index contributed by atoms with van der Waals surface area (Å²) in [5.41, 5.74) is 3.27. The van der Waals surface area contributed by atoms with Crippen molar-refractivity contribution in [1.82, 2.24) is 9.88 Å². The first-order valence-electron chi connectivity index (χ1n) is 10.5. The smallest absolute Gasteiger partial charge is 0.246 e. The van der Waals surface area contributed by atoms with E-state index in [2.05, 4.69) is 23.3 Å². The van der Waals surface area contributed by atoms with Crippen LogP contribution in [0, 0.1) is 0 Å². The summed E-state index contributed by atoms with van der Waals surface area (Å²) in [6.45, 7) is 1.48. The number of aromatic amines is 1. The van der Waals surface area contributed by atoms with Gasteiger partial charge < -0.3 is 24.1 Å². The van der Waals surface area contributed by atoms with Gasteiger partial charge in [-0.1, -0.05) is 0 Å². The van der Waals surface area contributed by atoms with E-state index in [0.29, 0.717) is 11.7 Å². The lowest BCUT2D eigenvalue weighted by Crippen LogP contribution is -2.36. The summed E-state index contributed by atoms with van der Waals surface area (Å²) in [6.07, 6.45) is 7.41. The standard InChI is InChI=1S/C25H28N2O4/c1-29-19-7-8-23-21(14-19)22(16-26-23)17-10-12-27(13-11-17)25(28)9-5-18-4-6-20(30-2)15-24(18)31-3/h4-9,14-17,26H,10-13H2,1-3H3/b9-5+. The third kappa shape index (κ3) is 4.38. The van der Waals surface area contributed by atoms with Crippen molar-refractivity contribution in [3.63, 3.8) is 0 Å². The molecule has 6 nitrogen and oxygen atoms in total. The molecule has 1 aromatic heterocycles. The number of ether oxygens (including phenoxy) is 3. The van der Waals surface area contributed by atoms with Gasteiger partial charge in [0.1, 0.15) is 17.2 Å². The number of piperidine rings is 1. The second kappa shape index (κ2) is 9.16. The van der Waals surface area contributed by atoms with E-state index >= 15 is 0 Å². The van der Waals surface area contributed by atoms with E-state index in [9.17, 15) is 4.79 Å². The number of fused-ring (bicyclic) bond motifs is 1. The van der Waals surface area contributed by atoms with Gasteiger partial charge in [-0.05, 0) is 60.7 Å². The Morgan fingerprint density at radius 1 is 1.00 bits per heavy atom. The summed E-state index contributed by atoms with van der Waals surface area (Å²) in [6, 6.07) is 11.7. The monoisotopic (exact) mass is 420 g/mol. The van der Waals surface area contributed by atoms with Crippen molar-refractivity contribution in [2.75, 3.05) is 34.4 Å². The molecule has 0 aliphatic carbocycles. The van der Waals surface area contributed by atoms with Crippen LogP contribution in [0.3, 0.4) is 0 Å². The van der Waals surface area contributed by atoms with Crippen LogP contribution in [0.25, 0.3) is 17.0 Å². The van der Waals surface area contributed by atoms with E-state index in [4.69, 9.17) is 14.2 Å². The van der Waals surface area contributed by atoms with Crippen LogP contribution < -0.4 is 14.2 Å². The summed E-state index contributed by atoms with van der Waals surface area (Å²) in [7, 11) is 4.91. The molecule has 0 unspecified atom stereocenters. The van der Waals surface area contributed by atoms with Crippen LogP contribution in [0.15, 0.2) is 48.7 Å². The Labute approximate surface area is 182 Å². The summed E-state index contributed by atoms with van der Waals surface area (Å²) in [5, 5.41) is 1.20. The molecule has 1 aliphatic rings. The Balaban J connectivity index is 1.41. The number of hydrogen-bond acceptors (Lipinski definition) is 4. The fourth-order valence-electron chi connectivity index (χ4n) is 4.22. The molecule has 1 fully saturated rings. The minimum atomic E-state index is 0.0249. The second-order valence-corrected chi connectivity index (χ2v) is 7.70. The van der Waals surface area contributed by atoms with E-state index in [0.717, 1.165) is 48.5 Å². The number of carbonyl (C=O) groups is 1. The van der Waals surface area contributed by atoms with Gasteiger partial charge in [-0.15, -0.1) is 0 Å². The number of methoxy groups -OCH3 is 3. The third-order valence-electron chi connectivity index (χ3n) is 6.01. The minimum absolute atomic E-state index is 0.0249. The molecule has 162 valence electrons. The van der Waals surface area contributed by atoms with Gasteiger partial charge in [0.05, 0.1) is 21.3 Å². The zero-order valence-electron chi connectivity index (χ0n) is 18.2. The molecule has 0 radical (unpaired) electrons. The lowest BCUT2D eigenvalue weighted by Gasteiger charge is -2.31. The number of likely N-dealkylation sites (tertiary alicyclic amines) is 1. The number of aromatic nitrogens is 1. The highest BCUT2D eigenvalue weighted by Crippen LogP contribution is 2.35. The first-order valence-corrected chi connectivity index (χ1v) is 10.5. The van der Waals surface area contributed by atoms with Gasteiger partial charge in [-0.2, -0.15) is 0 Å². The van der Waals surface area contributed by atoms with Gasteiger partial charge in [0.25, 0.3) is 0 Å². The normalized spacial score (nSPS) is 14.9. The quantitative estimate of drug-likeness (QED) is 0.592. The Morgan fingerprint density at radius 3 is 2.42 bits per heavy atom. The van der Waals surface area contributed by atoms with Crippen LogP contribution in [-0.2, 0) is 4.79 Å². The van der Waals surface area contributed by atoms with Crippen molar-refractivity contribution in [2.45, 2.75) is 18.8 Å². The number of nitrogens with one attached hydrogen (secondary N) is 1. The maximum atomic E-state index is 12.7. The molecule has 1 saturated heterocycles. The van der Waals surface area contributed by atoms with E-state index in [-0.39, 0.29) is 5.91 Å². The topological polar surface area (TPSA) is 63.8 Å². The van der Waals surface area contributed by atoms with Gasteiger partial charge in [-0.3, -0.25) is 4.79 Å². The van der Waals surface area contributed by atoms with Crippen molar-refractivity contribution in [1.29, 1.82) is 0 Å². The maximum absolute atomic E-state index is 12.7. The third-order valence-corrected chi connectivity index (χ3v) is 6.01. The van der Waals surface area contributed by atoms with Crippen molar-refractivity contribution in [3.8, 4) is 17.2 Å². The molecule has 6 heteroatoms. The van der Waals surface area contributed by atoms with Gasteiger partial charge in [-0.25, -0.2) is 0 Å². The van der Waals surface area contributed by atoms with Crippen LogP contribution in [-0.4, -0.2) is 50.2 Å². The van der Waals surface area contributed by atoms with E-state index in [1.807, 2.05) is 29.2 Å². The zero-order chi connectivity index (χ0) is 21.8. The number of amides is 1. The number of rotatable bonds is 6. The molecule has 4 rings (SSSR count). The van der Waals surface area contributed by atoms with Crippen molar-refractivity contribution in [3.05, 3.63) is 59.8 Å². The Bertz CT molecular complexity index is 1090. The molecule has 0 spiro atoms. The highest BCUT2D eigenvalue weighted by Gasteiger charge is 2.24. The molecular weight excluding hydrogens is 392 g/mol. The summed E-state index contributed by atoms with van der Waals surface area (Å²) >= 11 is 0.